The number of rotatable bonds is 5. The van der Waals surface area contributed by atoms with Gasteiger partial charge in [-0.25, -0.2) is 17.7 Å². The van der Waals surface area contributed by atoms with Crippen LogP contribution in [0.1, 0.15) is 24.8 Å². The molecule has 1 aliphatic carbocycles. The first-order valence-corrected chi connectivity index (χ1v) is 10.5. The summed E-state index contributed by atoms with van der Waals surface area (Å²) in [7, 11) is -4.04. The van der Waals surface area contributed by atoms with E-state index in [0.717, 1.165) is 26.9 Å². The van der Waals surface area contributed by atoms with E-state index in [4.69, 9.17) is 0 Å². The van der Waals surface area contributed by atoms with E-state index >= 15 is 0 Å². The molecule has 1 unspecified atom stereocenters. The fourth-order valence-electron chi connectivity index (χ4n) is 3.46. The first-order valence-electron chi connectivity index (χ1n) is 9.01. The Kier molecular flexibility index (Phi) is 4.55. The van der Waals surface area contributed by atoms with Crippen molar-refractivity contribution in [3.8, 4) is 0 Å². The zero-order valence-corrected chi connectivity index (χ0v) is 16.0. The monoisotopic (exact) mass is 402 g/mol. The number of nitrogens with zero attached hydrogens (tertiary/aromatic N) is 2. The molecular formula is C20H19FN2O4S. The van der Waals surface area contributed by atoms with Gasteiger partial charge in [-0.2, -0.15) is 4.31 Å². The van der Waals surface area contributed by atoms with Gasteiger partial charge in [-0.3, -0.25) is 9.59 Å². The topological polar surface area (TPSA) is 74.8 Å². The van der Waals surface area contributed by atoms with E-state index in [-0.39, 0.29) is 17.4 Å². The van der Waals surface area contributed by atoms with Crippen LogP contribution >= 0.6 is 0 Å². The van der Waals surface area contributed by atoms with Crippen LogP contribution in [-0.4, -0.2) is 36.6 Å². The van der Waals surface area contributed by atoms with Gasteiger partial charge in [-0.1, -0.05) is 17.7 Å². The van der Waals surface area contributed by atoms with Crippen LogP contribution in [0.25, 0.3) is 0 Å². The van der Waals surface area contributed by atoms with Crippen molar-refractivity contribution in [2.45, 2.75) is 43.2 Å². The summed E-state index contributed by atoms with van der Waals surface area (Å²) in [6, 6.07) is 10.0. The number of amides is 2. The zero-order chi connectivity index (χ0) is 20.1. The van der Waals surface area contributed by atoms with Crippen LogP contribution in [0.5, 0.6) is 0 Å². The minimum Gasteiger partial charge on any atom is -0.274 e. The van der Waals surface area contributed by atoms with Gasteiger partial charge in [0, 0.05) is 6.04 Å². The molecule has 2 fully saturated rings. The highest BCUT2D eigenvalue weighted by molar-refractivity contribution is 7.89. The molecular weight excluding hydrogens is 383 g/mol. The predicted molar refractivity (Wildman–Crippen MR) is 101 cm³/mol. The Morgan fingerprint density at radius 1 is 1.00 bits per heavy atom. The Labute approximate surface area is 162 Å². The van der Waals surface area contributed by atoms with E-state index in [2.05, 4.69) is 0 Å². The SMILES string of the molecule is Cc1ccc(N2C(=O)CC(N(C3CC3)S(=O)(=O)c3ccc(F)cc3)C2=O)cc1. The van der Waals surface area contributed by atoms with Crippen LogP contribution in [0.2, 0.25) is 0 Å². The minimum absolute atomic E-state index is 0.0881. The summed E-state index contributed by atoms with van der Waals surface area (Å²) in [6.45, 7) is 1.89. The molecule has 28 heavy (non-hydrogen) atoms. The fourth-order valence-corrected chi connectivity index (χ4v) is 5.28. The Morgan fingerprint density at radius 3 is 2.18 bits per heavy atom. The molecule has 1 heterocycles. The Hall–Kier alpha value is -2.58. The molecule has 1 atom stereocenters. The predicted octanol–water partition coefficient (Wildman–Crippen LogP) is 2.62. The molecule has 0 radical (unpaired) electrons. The van der Waals surface area contributed by atoms with Crippen molar-refractivity contribution >= 4 is 27.5 Å². The van der Waals surface area contributed by atoms with E-state index in [1.165, 1.54) is 12.1 Å². The highest BCUT2D eigenvalue weighted by Gasteiger charge is 2.51. The molecule has 0 spiro atoms. The fraction of sp³-hybridized carbons (Fsp3) is 0.300. The molecule has 1 saturated carbocycles. The number of hydrogen-bond donors (Lipinski definition) is 0. The van der Waals surface area contributed by atoms with Gasteiger partial charge in [0.2, 0.25) is 15.9 Å². The third-order valence-corrected chi connectivity index (χ3v) is 6.99. The highest BCUT2D eigenvalue weighted by Crippen LogP contribution is 2.38. The van der Waals surface area contributed by atoms with E-state index in [9.17, 15) is 22.4 Å². The number of hydrogen-bond acceptors (Lipinski definition) is 4. The molecule has 6 nitrogen and oxygen atoms in total. The van der Waals surface area contributed by atoms with Crippen molar-refractivity contribution in [1.29, 1.82) is 0 Å². The van der Waals surface area contributed by atoms with Crippen LogP contribution in [0, 0.1) is 12.7 Å². The number of anilines is 1. The largest absolute Gasteiger partial charge is 0.274 e. The van der Waals surface area contributed by atoms with Crippen molar-refractivity contribution in [1.82, 2.24) is 4.31 Å². The molecule has 0 aromatic heterocycles. The van der Waals surface area contributed by atoms with Crippen LogP contribution in [0.3, 0.4) is 0 Å². The standard InChI is InChI=1S/C20H19FN2O4S/c1-13-2-6-15(7-3-13)22-19(24)12-18(20(22)25)23(16-8-9-16)28(26,27)17-10-4-14(21)5-11-17/h2-7,10-11,16,18H,8-9,12H2,1H3. The first kappa shape index (κ1) is 18.8. The average Bonchev–Trinajstić information content (AvgIpc) is 3.43. The second-order valence-corrected chi connectivity index (χ2v) is 8.99. The number of halogens is 1. The van der Waals surface area contributed by atoms with Crippen LogP contribution in [0.4, 0.5) is 10.1 Å². The molecule has 1 aliphatic heterocycles. The third kappa shape index (κ3) is 3.22. The molecule has 2 aromatic rings. The Morgan fingerprint density at radius 2 is 1.61 bits per heavy atom. The zero-order valence-electron chi connectivity index (χ0n) is 15.2. The summed E-state index contributed by atoms with van der Waals surface area (Å²) >= 11 is 0. The molecule has 0 N–H and O–H groups in total. The van der Waals surface area contributed by atoms with E-state index in [0.29, 0.717) is 18.5 Å². The second-order valence-electron chi connectivity index (χ2n) is 7.14. The molecule has 2 aromatic carbocycles. The molecule has 2 aliphatic rings. The lowest BCUT2D eigenvalue weighted by atomic mass is 10.2. The number of sulfonamides is 1. The lowest BCUT2D eigenvalue weighted by molar-refractivity contribution is -0.122. The summed E-state index contributed by atoms with van der Waals surface area (Å²) in [5.41, 5.74) is 1.41. The maximum absolute atomic E-state index is 13.2. The van der Waals surface area contributed by atoms with Crippen LogP contribution < -0.4 is 4.90 Å². The van der Waals surface area contributed by atoms with Gasteiger partial charge in [0.1, 0.15) is 11.9 Å². The van der Waals surface area contributed by atoms with E-state index in [1.54, 1.807) is 24.3 Å². The number of carbonyl (C=O) groups is 2. The van der Waals surface area contributed by atoms with E-state index < -0.39 is 33.7 Å². The van der Waals surface area contributed by atoms with Gasteiger partial charge in [0.25, 0.3) is 5.91 Å². The molecule has 2 amide bonds. The molecule has 146 valence electrons. The summed E-state index contributed by atoms with van der Waals surface area (Å²) < 4.78 is 40.7. The number of carbonyl (C=O) groups excluding carboxylic acids is 2. The molecule has 8 heteroatoms. The van der Waals surface area contributed by atoms with Gasteiger partial charge < -0.3 is 0 Å². The van der Waals surface area contributed by atoms with Gasteiger partial charge >= 0.3 is 0 Å². The lowest BCUT2D eigenvalue weighted by Crippen LogP contribution is -2.46. The summed E-state index contributed by atoms with van der Waals surface area (Å²) in [5, 5.41) is 0. The minimum atomic E-state index is -4.04. The third-order valence-electron chi connectivity index (χ3n) is 5.02. The Balaban J connectivity index is 1.69. The molecule has 0 bridgehead atoms. The van der Waals surface area contributed by atoms with Crippen molar-refractivity contribution in [2.75, 3.05) is 4.90 Å². The lowest BCUT2D eigenvalue weighted by Gasteiger charge is -2.26. The van der Waals surface area contributed by atoms with Gasteiger partial charge in [-0.05, 0) is 56.2 Å². The maximum Gasteiger partial charge on any atom is 0.252 e. The van der Waals surface area contributed by atoms with Crippen LogP contribution in [-0.2, 0) is 19.6 Å². The Bertz CT molecular complexity index is 1030. The smallest absolute Gasteiger partial charge is 0.252 e. The number of benzene rings is 2. The summed E-state index contributed by atoms with van der Waals surface area (Å²) in [4.78, 5) is 26.6. The quantitative estimate of drug-likeness (QED) is 0.721. The van der Waals surface area contributed by atoms with Crippen molar-refractivity contribution in [3.05, 3.63) is 59.9 Å². The highest BCUT2D eigenvalue weighted by atomic mass is 32.2. The van der Waals surface area contributed by atoms with Gasteiger partial charge in [0.15, 0.2) is 0 Å². The first-order chi connectivity index (χ1) is 13.3. The van der Waals surface area contributed by atoms with E-state index in [1.807, 2.05) is 6.92 Å². The van der Waals surface area contributed by atoms with Crippen molar-refractivity contribution in [2.24, 2.45) is 0 Å². The molecule has 4 rings (SSSR count). The van der Waals surface area contributed by atoms with Gasteiger partial charge in [0.05, 0.1) is 17.0 Å². The molecule has 1 saturated heterocycles. The van der Waals surface area contributed by atoms with Crippen molar-refractivity contribution in [3.63, 3.8) is 0 Å². The number of aryl methyl sites for hydroxylation is 1. The number of imide groups is 1. The van der Waals surface area contributed by atoms with Crippen LogP contribution in [0.15, 0.2) is 53.4 Å². The van der Waals surface area contributed by atoms with Crippen molar-refractivity contribution < 1.29 is 22.4 Å². The average molecular weight is 402 g/mol. The summed E-state index contributed by atoms with van der Waals surface area (Å²) in [6.07, 6.45) is 1.05. The maximum atomic E-state index is 13.2. The normalized spacial score (nSPS) is 20.2. The summed E-state index contributed by atoms with van der Waals surface area (Å²) in [5.74, 6) is -1.53. The second kappa shape index (κ2) is 6.79. The van der Waals surface area contributed by atoms with Gasteiger partial charge in [-0.15, -0.1) is 0 Å².